The van der Waals surface area contributed by atoms with Crippen molar-refractivity contribution in [1.82, 2.24) is 10.6 Å². The van der Waals surface area contributed by atoms with Gasteiger partial charge in [0.25, 0.3) is 11.6 Å². The lowest BCUT2D eigenvalue weighted by Crippen LogP contribution is -2.42. The van der Waals surface area contributed by atoms with Gasteiger partial charge in [-0.25, -0.2) is 4.79 Å². The van der Waals surface area contributed by atoms with Crippen molar-refractivity contribution in [2.24, 2.45) is 5.92 Å². The molecule has 1 fully saturated rings. The van der Waals surface area contributed by atoms with Crippen LogP contribution in [0.25, 0.3) is 0 Å². The SMILES string of the molecule is CCCCNC(=O)NC(=O)COC(=O)C1CCN(c2ccc(C(F)(F)F)cc2[N+](=O)[O-])CC1. The molecular formula is C20H25F3N4O6. The molecule has 2 rings (SSSR count). The second-order valence-electron chi connectivity index (χ2n) is 7.49. The summed E-state index contributed by atoms with van der Waals surface area (Å²) in [6, 6.07) is 1.64. The van der Waals surface area contributed by atoms with Crippen molar-refractivity contribution in [2.75, 3.05) is 31.1 Å². The summed E-state index contributed by atoms with van der Waals surface area (Å²) in [6.07, 6.45) is -2.61. The minimum Gasteiger partial charge on any atom is -0.455 e. The van der Waals surface area contributed by atoms with E-state index in [2.05, 4.69) is 5.32 Å². The van der Waals surface area contributed by atoms with Crippen LogP contribution < -0.4 is 15.5 Å². The Bertz CT molecular complexity index is 885. The highest BCUT2D eigenvalue weighted by atomic mass is 19.4. The number of esters is 1. The van der Waals surface area contributed by atoms with Gasteiger partial charge in [-0.2, -0.15) is 13.2 Å². The normalized spacial score (nSPS) is 14.5. The van der Waals surface area contributed by atoms with E-state index in [0.29, 0.717) is 12.6 Å². The molecule has 1 aliphatic heterocycles. The van der Waals surface area contributed by atoms with Crippen LogP contribution >= 0.6 is 0 Å². The molecule has 3 amide bonds. The van der Waals surface area contributed by atoms with E-state index in [0.717, 1.165) is 25.0 Å². The van der Waals surface area contributed by atoms with Gasteiger partial charge in [-0.05, 0) is 31.4 Å². The highest BCUT2D eigenvalue weighted by Crippen LogP contribution is 2.37. The van der Waals surface area contributed by atoms with Crippen LogP contribution in [0.15, 0.2) is 18.2 Å². The molecule has 0 unspecified atom stereocenters. The number of amides is 3. The minimum atomic E-state index is -4.71. The fraction of sp³-hybridized carbons (Fsp3) is 0.550. The number of carbonyl (C=O) groups is 3. The Morgan fingerprint density at radius 3 is 2.48 bits per heavy atom. The maximum absolute atomic E-state index is 12.9. The van der Waals surface area contributed by atoms with Gasteiger partial charge in [-0.3, -0.25) is 25.0 Å². The molecule has 0 atom stereocenters. The highest BCUT2D eigenvalue weighted by Gasteiger charge is 2.35. The number of nitro benzene ring substituents is 1. The first kappa shape index (κ1) is 25.9. The minimum absolute atomic E-state index is 0.0354. The number of urea groups is 1. The first-order valence-corrected chi connectivity index (χ1v) is 10.4. The number of hydrogen-bond donors (Lipinski definition) is 2. The molecule has 1 aromatic carbocycles. The first-order chi connectivity index (χ1) is 15.5. The molecule has 0 bridgehead atoms. The molecule has 0 radical (unpaired) electrons. The maximum atomic E-state index is 12.9. The number of nitrogens with zero attached hydrogens (tertiary/aromatic N) is 2. The van der Waals surface area contributed by atoms with Crippen LogP contribution in [0.1, 0.15) is 38.2 Å². The van der Waals surface area contributed by atoms with Crippen LogP contribution in [0.3, 0.4) is 0 Å². The van der Waals surface area contributed by atoms with E-state index < -0.39 is 52.8 Å². The van der Waals surface area contributed by atoms with E-state index in [1.165, 1.54) is 4.90 Å². The van der Waals surface area contributed by atoms with E-state index >= 15 is 0 Å². The fourth-order valence-corrected chi connectivity index (χ4v) is 3.31. The summed E-state index contributed by atoms with van der Waals surface area (Å²) in [7, 11) is 0. The first-order valence-electron chi connectivity index (χ1n) is 10.4. The van der Waals surface area contributed by atoms with Gasteiger partial charge < -0.3 is 15.0 Å². The van der Waals surface area contributed by atoms with Crippen molar-refractivity contribution in [3.63, 3.8) is 0 Å². The number of piperidine rings is 1. The Kier molecular flexibility index (Phi) is 9.00. The molecule has 0 saturated carbocycles. The third-order valence-corrected chi connectivity index (χ3v) is 5.08. The van der Waals surface area contributed by atoms with E-state index in [1.54, 1.807) is 0 Å². The summed E-state index contributed by atoms with van der Waals surface area (Å²) in [5.41, 5.74) is -1.75. The summed E-state index contributed by atoms with van der Waals surface area (Å²) in [5, 5.41) is 15.8. The number of ether oxygens (including phenoxy) is 1. The smallest absolute Gasteiger partial charge is 0.416 e. The van der Waals surface area contributed by atoms with Crippen molar-refractivity contribution in [3.05, 3.63) is 33.9 Å². The van der Waals surface area contributed by atoms with Crippen molar-refractivity contribution < 1.29 is 37.2 Å². The average Bonchev–Trinajstić information content (AvgIpc) is 2.76. The molecule has 33 heavy (non-hydrogen) atoms. The van der Waals surface area contributed by atoms with Crippen molar-refractivity contribution in [2.45, 2.75) is 38.8 Å². The Morgan fingerprint density at radius 1 is 1.24 bits per heavy atom. The fourth-order valence-electron chi connectivity index (χ4n) is 3.31. The number of rotatable bonds is 8. The van der Waals surface area contributed by atoms with Crippen LogP contribution in [0.2, 0.25) is 0 Å². The van der Waals surface area contributed by atoms with E-state index in [4.69, 9.17) is 4.74 Å². The van der Waals surface area contributed by atoms with Gasteiger partial charge in [0.05, 0.1) is 16.4 Å². The monoisotopic (exact) mass is 474 g/mol. The van der Waals surface area contributed by atoms with E-state index in [1.807, 2.05) is 12.2 Å². The number of alkyl halides is 3. The number of carbonyl (C=O) groups excluding carboxylic acids is 3. The number of halogens is 3. The van der Waals surface area contributed by atoms with Crippen LogP contribution in [-0.2, 0) is 20.5 Å². The summed E-state index contributed by atoms with van der Waals surface area (Å²) in [4.78, 5) is 47.4. The van der Waals surface area contributed by atoms with Gasteiger partial charge in [-0.1, -0.05) is 13.3 Å². The standard InChI is InChI=1S/C20H25F3N4O6/c1-2-3-8-24-19(30)25-17(28)12-33-18(29)13-6-9-26(10-7-13)15-5-4-14(20(21,22)23)11-16(15)27(31)32/h4-5,11,13H,2-3,6-10,12H2,1H3,(H2,24,25,28,30). The zero-order valence-corrected chi connectivity index (χ0v) is 17.9. The molecule has 182 valence electrons. The van der Waals surface area contributed by atoms with Gasteiger partial charge in [0.15, 0.2) is 6.61 Å². The van der Waals surface area contributed by atoms with Crippen molar-refractivity contribution in [1.29, 1.82) is 0 Å². The molecule has 1 aromatic rings. The van der Waals surface area contributed by atoms with Gasteiger partial charge in [0.2, 0.25) is 0 Å². The molecule has 0 aromatic heterocycles. The molecule has 1 heterocycles. The number of hydrogen-bond acceptors (Lipinski definition) is 7. The lowest BCUT2D eigenvalue weighted by Gasteiger charge is -2.32. The summed E-state index contributed by atoms with van der Waals surface area (Å²) < 4.78 is 43.6. The third-order valence-electron chi connectivity index (χ3n) is 5.08. The molecule has 10 nitrogen and oxygen atoms in total. The van der Waals surface area contributed by atoms with Crippen molar-refractivity contribution in [3.8, 4) is 0 Å². The third kappa shape index (κ3) is 7.61. The lowest BCUT2D eigenvalue weighted by atomic mass is 9.96. The molecule has 13 heteroatoms. The van der Waals surface area contributed by atoms with E-state index in [-0.39, 0.29) is 31.6 Å². The molecular weight excluding hydrogens is 449 g/mol. The number of anilines is 1. The number of unbranched alkanes of at least 4 members (excludes halogenated alkanes) is 1. The Labute approximate surface area is 187 Å². The second-order valence-corrected chi connectivity index (χ2v) is 7.49. The number of nitrogens with one attached hydrogen (secondary N) is 2. The predicted molar refractivity (Wildman–Crippen MR) is 110 cm³/mol. The Hall–Kier alpha value is -3.38. The average molecular weight is 474 g/mol. The number of nitro groups is 1. The van der Waals surface area contributed by atoms with Gasteiger partial charge in [-0.15, -0.1) is 0 Å². The molecule has 0 aliphatic carbocycles. The molecule has 0 spiro atoms. The van der Waals surface area contributed by atoms with Gasteiger partial charge in [0, 0.05) is 25.7 Å². The summed E-state index contributed by atoms with van der Waals surface area (Å²) in [6.45, 7) is 2.07. The van der Waals surface area contributed by atoms with Crippen LogP contribution in [0, 0.1) is 16.0 Å². The van der Waals surface area contributed by atoms with Gasteiger partial charge in [0.1, 0.15) is 5.69 Å². The van der Waals surface area contributed by atoms with Gasteiger partial charge >= 0.3 is 18.2 Å². The second kappa shape index (κ2) is 11.5. The molecule has 1 aliphatic rings. The largest absolute Gasteiger partial charge is 0.455 e. The predicted octanol–water partition coefficient (Wildman–Crippen LogP) is 3.00. The highest BCUT2D eigenvalue weighted by molar-refractivity contribution is 5.95. The van der Waals surface area contributed by atoms with Crippen molar-refractivity contribution >= 4 is 29.3 Å². The number of imide groups is 1. The Morgan fingerprint density at radius 2 is 1.91 bits per heavy atom. The Balaban J connectivity index is 1.87. The van der Waals surface area contributed by atoms with Crippen LogP contribution in [0.5, 0.6) is 0 Å². The molecule has 2 N–H and O–H groups in total. The van der Waals surface area contributed by atoms with Crippen LogP contribution in [-0.4, -0.2) is 49.1 Å². The van der Waals surface area contributed by atoms with Crippen LogP contribution in [0.4, 0.5) is 29.3 Å². The summed E-state index contributed by atoms with van der Waals surface area (Å²) >= 11 is 0. The van der Waals surface area contributed by atoms with E-state index in [9.17, 15) is 37.7 Å². The molecule has 1 saturated heterocycles. The summed E-state index contributed by atoms with van der Waals surface area (Å²) in [5.74, 6) is -2.02. The zero-order chi connectivity index (χ0) is 24.6. The zero-order valence-electron chi connectivity index (χ0n) is 17.9. The number of benzene rings is 1. The lowest BCUT2D eigenvalue weighted by molar-refractivity contribution is -0.384. The quantitative estimate of drug-likeness (QED) is 0.256. The topological polar surface area (TPSA) is 131 Å². The maximum Gasteiger partial charge on any atom is 0.416 e.